The Labute approximate surface area is 122 Å². The van der Waals surface area contributed by atoms with Gasteiger partial charge in [0.25, 0.3) is 0 Å². The molecule has 114 valence electrons. The van der Waals surface area contributed by atoms with Crippen LogP contribution in [-0.4, -0.2) is 59.1 Å². The van der Waals surface area contributed by atoms with Crippen molar-refractivity contribution in [2.45, 2.75) is 57.6 Å². The predicted molar refractivity (Wildman–Crippen MR) is 78.3 cm³/mol. The Morgan fingerprint density at radius 3 is 2.40 bits per heavy atom. The summed E-state index contributed by atoms with van der Waals surface area (Å²) >= 11 is 0. The van der Waals surface area contributed by atoms with E-state index in [0.717, 1.165) is 57.8 Å². The highest BCUT2D eigenvalue weighted by Crippen LogP contribution is 2.38. The number of carbonyl (C=O) groups is 1. The molecule has 0 unspecified atom stereocenters. The van der Waals surface area contributed by atoms with Crippen molar-refractivity contribution in [1.29, 1.82) is 0 Å². The molecule has 20 heavy (non-hydrogen) atoms. The van der Waals surface area contributed by atoms with E-state index in [1.165, 1.54) is 12.8 Å². The van der Waals surface area contributed by atoms with Crippen molar-refractivity contribution in [3.8, 4) is 0 Å². The molecule has 1 saturated heterocycles. The molecule has 1 N–H and O–H groups in total. The molecule has 3 atom stereocenters. The summed E-state index contributed by atoms with van der Waals surface area (Å²) in [7, 11) is 0. The molecular weight excluding hydrogens is 252 g/mol. The summed E-state index contributed by atoms with van der Waals surface area (Å²) in [5, 5.41) is 9.98. The van der Waals surface area contributed by atoms with E-state index in [1.807, 2.05) is 4.90 Å². The van der Waals surface area contributed by atoms with Crippen molar-refractivity contribution >= 4 is 5.91 Å². The molecule has 4 nitrogen and oxygen atoms in total. The molecule has 2 saturated carbocycles. The van der Waals surface area contributed by atoms with Crippen molar-refractivity contribution in [3.05, 3.63) is 0 Å². The lowest BCUT2D eigenvalue weighted by atomic mass is 10.0. The van der Waals surface area contributed by atoms with E-state index < -0.39 is 0 Å². The lowest BCUT2D eigenvalue weighted by Gasteiger charge is -2.39. The number of amides is 1. The van der Waals surface area contributed by atoms with Crippen LogP contribution in [-0.2, 0) is 4.79 Å². The number of hydrogen-bond acceptors (Lipinski definition) is 3. The molecule has 0 aromatic carbocycles. The summed E-state index contributed by atoms with van der Waals surface area (Å²) in [6.07, 6.45) is 6.44. The molecule has 0 spiro atoms. The number of nitrogens with zero attached hydrogens (tertiary/aromatic N) is 2. The first-order valence-corrected chi connectivity index (χ1v) is 8.35. The summed E-state index contributed by atoms with van der Waals surface area (Å²) in [6.45, 7) is 5.79. The molecule has 3 fully saturated rings. The second kappa shape index (κ2) is 6.02. The van der Waals surface area contributed by atoms with Gasteiger partial charge in [-0.05, 0) is 43.9 Å². The van der Waals surface area contributed by atoms with Gasteiger partial charge in [-0.3, -0.25) is 9.69 Å². The molecule has 3 rings (SSSR count). The Hall–Kier alpha value is -0.610. The third-order valence-corrected chi connectivity index (χ3v) is 5.50. The van der Waals surface area contributed by atoms with Crippen molar-refractivity contribution < 1.29 is 9.90 Å². The van der Waals surface area contributed by atoms with Gasteiger partial charge < -0.3 is 10.0 Å². The molecule has 1 amide bonds. The number of piperazine rings is 1. The first-order valence-electron chi connectivity index (χ1n) is 8.35. The van der Waals surface area contributed by atoms with E-state index >= 15 is 0 Å². The minimum Gasteiger partial charge on any atom is -0.391 e. The van der Waals surface area contributed by atoms with Gasteiger partial charge in [0.05, 0.1) is 6.10 Å². The quantitative estimate of drug-likeness (QED) is 0.848. The maximum atomic E-state index is 12.3. The molecule has 1 aliphatic heterocycles. The van der Waals surface area contributed by atoms with Crippen LogP contribution in [0.15, 0.2) is 0 Å². The predicted octanol–water partition coefficient (Wildman–Crippen LogP) is 1.48. The first-order chi connectivity index (χ1) is 9.65. The zero-order chi connectivity index (χ0) is 14.1. The maximum Gasteiger partial charge on any atom is 0.222 e. The fraction of sp³-hybridized carbons (Fsp3) is 0.938. The van der Waals surface area contributed by atoms with Crippen molar-refractivity contribution in [3.63, 3.8) is 0 Å². The van der Waals surface area contributed by atoms with Crippen LogP contribution in [0.25, 0.3) is 0 Å². The van der Waals surface area contributed by atoms with Crippen molar-refractivity contribution in [1.82, 2.24) is 9.80 Å². The Morgan fingerprint density at radius 1 is 1.15 bits per heavy atom. The van der Waals surface area contributed by atoms with Gasteiger partial charge in [0.1, 0.15) is 0 Å². The Balaban J connectivity index is 1.44. The smallest absolute Gasteiger partial charge is 0.222 e. The van der Waals surface area contributed by atoms with Gasteiger partial charge in [-0.1, -0.05) is 6.92 Å². The van der Waals surface area contributed by atoms with E-state index in [-0.39, 0.29) is 6.10 Å². The van der Waals surface area contributed by atoms with Gasteiger partial charge in [0.2, 0.25) is 5.91 Å². The number of aliphatic hydroxyl groups is 1. The highest BCUT2D eigenvalue weighted by Gasteiger charge is 2.34. The fourth-order valence-electron chi connectivity index (χ4n) is 3.89. The molecule has 0 aromatic rings. The summed E-state index contributed by atoms with van der Waals surface area (Å²) in [6, 6.07) is 0.345. The third-order valence-electron chi connectivity index (χ3n) is 5.50. The molecule has 0 aromatic heterocycles. The van der Waals surface area contributed by atoms with Crippen LogP contribution < -0.4 is 0 Å². The molecule has 2 aliphatic carbocycles. The summed E-state index contributed by atoms with van der Waals surface area (Å²) in [5.41, 5.74) is 0. The van der Waals surface area contributed by atoms with Gasteiger partial charge in [-0.15, -0.1) is 0 Å². The summed E-state index contributed by atoms with van der Waals surface area (Å²) in [4.78, 5) is 16.7. The molecule has 0 bridgehead atoms. The van der Waals surface area contributed by atoms with Gasteiger partial charge >= 0.3 is 0 Å². The standard InChI is InChI=1S/C16H28N2O2/c1-12(13-5-6-13)11-16(20)18-9-7-17(8-10-18)14-3-2-4-15(14)19/h12-15,19H,2-11H2,1H3/t12-,14+,15-/m1/s1. The lowest BCUT2D eigenvalue weighted by molar-refractivity contribution is -0.134. The maximum absolute atomic E-state index is 12.3. The van der Waals surface area contributed by atoms with Crippen LogP contribution >= 0.6 is 0 Å². The lowest BCUT2D eigenvalue weighted by Crippen LogP contribution is -2.53. The molecule has 4 heteroatoms. The number of aliphatic hydroxyl groups excluding tert-OH is 1. The van der Waals surface area contributed by atoms with Crippen LogP contribution in [0.4, 0.5) is 0 Å². The minimum absolute atomic E-state index is 0.146. The highest BCUT2D eigenvalue weighted by atomic mass is 16.3. The van der Waals surface area contributed by atoms with Crippen LogP contribution in [0.1, 0.15) is 45.4 Å². The molecular formula is C16H28N2O2. The highest BCUT2D eigenvalue weighted by molar-refractivity contribution is 5.76. The van der Waals surface area contributed by atoms with E-state index in [2.05, 4.69) is 11.8 Å². The number of rotatable bonds is 4. The zero-order valence-electron chi connectivity index (χ0n) is 12.6. The molecule has 0 radical (unpaired) electrons. The Morgan fingerprint density at radius 2 is 1.85 bits per heavy atom. The Kier molecular flexibility index (Phi) is 4.32. The summed E-state index contributed by atoms with van der Waals surface area (Å²) < 4.78 is 0. The Bertz CT molecular complexity index is 348. The number of hydrogen-bond donors (Lipinski definition) is 1. The largest absolute Gasteiger partial charge is 0.391 e. The van der Waals surface area contributed by atoms with Gasteiger partial charge in [0, 0.05) is 38.6 Å². The average molecular weight is 280 g/mol. The van der Waals surface area contributed by atoms with Crippen LogP contribution in [0.2, 0.25) is 0 Å². The average Bonchev–Trinajstić information content (AvgIpc) is 3.21. The first kappa shape index (κ1) is 14.3. The van der Waals surface area contributed by atoms with E-state index in [1.54, 1.807) is 0 Å². The monoisotopic (exact) mass is 280 g/mol. The van der Waals surface area contributed by atoms with E-state index in [4.69, 9.17) is 0 Å². The fourth-order valence-corrected chi connectivity index (χ4v) is 3.89. The summed E-state index contributed by atoms with van der Waals surface area (Å²) in [5.74, 6) is 1.72. The van der Waals surface area contributed by atoms with Crippen molar-refractivity contribution in [2.75, 3.05) is 26.2 Å². The minimum atomic E-state index is -0.146. The van der Waals surface area contributed by atoms with Gasteiger partial charge in [-0.2, -0.15) is 0 Å². The second-order valence-corrected chi connectivity index (χ2v) is 7.00. The zero-order valence-corrected chi connectivity index (χ0v) is 12.6. The van der Waals surface area contributed by atoms with Gasteiger partial charge in [0.15, 0.2) is 0 Å². The van der Waals surface area contributed by atoms with Crippen molar-refractivity contribution in [2.24, 2.45) is 11.8 Å². The second-order valence-electron chi connectivity index (χ2n) is 7.00. The third kappa shape index (κ3) is 3.17. The van der Waals surface area contributed by atoms with Crippen LogP contribution in [0.3, 0.4) is 0 Å². The van der Waals surface area contributed by atoms with Crippen LogP contribution in [0.5, 0.6) is 0 Å². The topological polar surface area (TPSA) is 43.8 Å². The van der Waals surface area contributed by atoms with Gasteiger partial charge in [-0.25, -0.2) is 0 Å². The SMILES string of the molecule is C[C@H](CC(=O)N1CCN([C@H]2CCC[C@H]2O)CC1)C1CC1. The van der Waals surface area contributed by atoms with Crippen LogP contribution in [0, 0.1) is 11.8 Å². The molecule has 3 aliphatic rings. The number of carbonyl (C=O) groups excluding carboxylic acids is 1. The molecule has 1 heterocycles. The van der Waals surface area contributed by atoms with E-state index in [9.17, 15) is 9.90 Å². The van der Waals surface area contributed by atoms with E-state index in [0.29, 0.717) is 17.9 Å². The normalized spacial score (nSPS) is 33.4.